The number of hydrogen-bond donors (Lipinski definition) is 1. The highest BCUT2D eigenvalue weighted by Gasteiger charge is 2.36. The Morgan fingerprint density at radius 3 is 2.67 bits per heavy atom. The summed E-state index contributed by atoms with van der Waals surface area (Å²) in [7, 11) is 0. The number of hydrogen-bond acceptors (Lipinski definition) is 6. The van der Waals surface area contributed by atoms with Gasteiger partial charge in [0.05, 0.1) is 20.6 Å². The summed E-state index contributed by atoms with van der Waals surface area (Å²) in [5.74, 6) is 1.71. The van der Waals surface area contributed by atoms with E-state index in [-0.39, 0.29) is 17.2 Å². The number of halogens is 4. The van der Waals surface area contributed by atoms with Crippen LogP contribution in [-0.4, -0.2) is 41.7 Å². The molecule has 0 aliphatic carbocycles. The summed E-state index contributed by atoms with van der Waals surface area (Å²) in [5.41, 5.74) is -0.497. The molecular formula is C24H18F3IN2O5S. The molecule has 188 valence electrons. The first-order chi connectivity index (χ1) is 17.0. The minimum Gasteiger partial charge on any atom is -0.490 e. The van der Waals surface area contributed by atoms with Gasteiger partial charge in [0.2, 0.25) is 5.91 Å². The van der Waals surface area contributed by atoms with Crippen LogP contribution in [0.2, 0.25) is 0 Å². The summed E-state index contributed by atoms with van der Waals surface area (Å²) in [6.07, 6.45) is 2.15. The molecule has 1 heterocycles. The monoisotopic (exact) mass is 630 g/mol. The Hall–Kier alpha value is -3.18. The van der Waals surface area contributed by atoms with E-state index in [2.05, 4.69) is 11.2 Å². The van der Waals surface area contributed by atoms with Crippen molar-refractivity contribution in [2.24, 2.45) is 0 Å². The summed E-state index contributed by atoms with van der Waals surface area (Å²) in [4.78, 5) is 38.4. The fraction of sp³-hybridized carbons (Fsp3) is 0.208. The predicted octanol–water partition coefficient (Wildman–Crippen LogP) is 5.40. The zero-order valence-corrected chi connectivity index (χ0v) is 21.6. The number of nitrogens with zero attached hydrogens (tertiary/aromatic N) is 1. The van der Waals surface area contributed by atoms with Gasteiger partial charge >= 0.3 is 6.18 Å². The zero-order valence-electron chi connectivity index (χ0n) is 18.6. The lowest BCUT2D eigenvalue weighted by Gasteiger charge is -2.14. The van der Waals surface area contributed by atoms with Crippen molar-refractivity contribution in [1.82, 2.24) is 4.90 Å². The molecule has 1 aliphatic rings. The van der Waals surface area contributed by atoms with Crippen LogP contribution >= 0.6 is 34.4 Å². The highest BCUT2D eigenvalue weighted by atomic mass is 127. The molecule has 0 atom stereocenters. The van der Waals surface area contributed by atoms with Gasteiger partial charge in [-0.1, -0.05) is 12.0 Å². The zero-order chi connectivity index (χ0) is 26.5. The smallest absolute Gasteiger partial charge is 0.416 e. The van der Waals surface area contributed by atoms with Gasteiger partial charge in [0.1, 0.15) is 13.2 Å². The van der Waals surface area contributed by atoms with Crippen LogP contribution in [0, 0.1) is 15.9 Å². The van der Waals surface area contributed by atoms with Gasteiger partial charge in [-0.05, 0) is 83.2 Å². The van der Waals surface area contributed by atoms with Crippen molar-refractivity contribution >= 4 is 63.2 Å². The Kier molecular flexibility index (Phi) is 8.91. The number of anilines is 1. The van der Waals surface area contributed by atoms with E-state index in [9.17, 15) is 27.6 Å². The summed E-state index contributed by atoms with van der Waals surface area (Å²) >= 11 is 2.67. The molecule has 0 radical (unpaired) electrons. The van der Waals surface area contributed by atoms with Gasteiger partial charge in [0.15, 0.2) is 11.5 Å². The lowest BCUT2D eigenvalue weighted by Crippen LogP contribution is -2.36. The minimum atomic E-state index is -4.58. The van der Waals surface area contributed by atoms with Gasteiger partial charge in [-0.25, -0.2) is 0 Å². The molecule has 1 N–H and O–H groups in total. The molecule has 0 bridgehead atoms. The van der Waals surface area contributed by atoms with Crippen LogP contribution in [-0.2, 0) is 15.8 Å². The maximum Gasteiger partial charge on any atom is 0.416 e. The summed E-state index contributed by atoms with van der Waals surface area (Å²) in [6, 6.07) is 7.38. The quantitative estimate of drug-likeness (QED) is 0.239. The molecule has 3 rings (SSSR count). The van der Waals surface area contributed by atoms with Gasteiger partial charge in [-0.15, -0.1) is 6.42 Å². The molecule has 2 aromatic carbocycles. The van der Waals surface area contributed by atoms with E-state index in [0.29, 0.717) is 39.0 Å². The molecule has 7 nitrogen and oxygen atoms in total. The summed E-state index contributed by atoms with van der Waals surface area (Å²) in [6.45, 7) is 1.53. The third-order valence-corrected chi connectivity index (χ3v) is 6.29. The highest BCUT2D eigenvalue weighted by Crippen LogP contribution is 2.37. The fourth-order valence-corrected chi connectivity index (χ4v) is 4.71. The van der Waals surface area contributed by atoms with Crippen LogP contribution in [0.3, 0.4) is 0 Å². The number of rotatable bonds is 8. The first kappa shape index (κ1) is 27.4. The van der Waals surface area contributed by atoms with Crippen molar-refractivity contribution in [3.05, 3.63) is 56.0 Å². The lowest BCUT2D eigenvalue weighted by molar-refractivity contribution is -0.137. The third kappa shape index (κ3) is 6.73. The van der Waals surface area contributed by atoms with Crippen LogP contribution in [0.5, 0.6) is 11.5 Å². The molecule has 1 fully saturated rings. The normalized spacial score (nSPS) is 14.7. The standard InChI is InChI=1S/C24H18F3IN2O5S/c1-3-8-35-21-17(28)9-14(10-18(21)34-4-2)11-19-22(32)30(23(33)36-19)13-20(31)29-16-7-5-6-15(12-16)24(25,26)27/h1,5-7,9-12H,4,8,13H2,2H3,(H,29,31)/b19-11-. The molecule has 0 spiro atoms. The largest absolute Gasteiger partial charge is 0.490 e. The Morgan fingerprint density at radius 2 is 2.00 bits per heavy atom. The number of amides is 3. The lowest BCUT2D eigenvalue weighted by atomic mass is 10.2. The van der Waals surface area contributed by atoms with E-state index in [0.717, 1.165) is 23.1 Å². The molecule has 3 amide bonds. The van der Waals surface area contributed by atoms with Crippen LogP contribution in [0.25, 0.3) is 6.08 Å². The van der Waals surface area contributed by atoms with E-state index in [1.54, 1.807) is 19.1 Å². The molecule has 2 aromatic rings. The Bertz CT molecular complexity index is 1270. The van der Waals surface area contributed by atoms with E-state index in [4.69, 9.17) is 15.9 Å². The van der Waals surface area contributed by atoms with Gasteiger partial charge in [-0.3, -0.25) is 19.3 Å². The Labute approximate surface area is 222 Å². The molecular weight excluding hydrogens is 612 g/mol. The number of ether oxygens (including phenoxy) is 2. The number of carbonyl (C=O) groups is 3. The van der Waals surface area contributed by atoms with Gasteiger partial charge in [-0.2, -0.15) is 13.2 Å². The van der Waals surface area contributed by atoms with Crippen molar-refractivity contribution in [2.45, 2.75) is 13.1 Å². The van der Waals surface area contributed by atoms with E-state index in [1.807, 2.05) is 22.6 Å². The van der Waals surface area contributed by atoms with Crippen molar-refractivity contribution in [3.63, 3.8) is 0 Å². The van der Waals surface area contributed by atoms with Gasteiger partial charge in [0, 0.05) is 5.69 Å². The van der Waals surface area contributed by atoms with Crippen molar-refractivity contribution in [1.29, 1.82) is 0 Å². The molecule has 36 heavy (non-hydrogen) atoms. The summed E-state index contributed by atoms with van der Waals surface area (Å²) in [5, 5.41) is 1.60. The van der Waals surface area contributed by atoms with E-state index < -0.39 is 35.3 Å². The van der Waals surface area contributed by atoms with E-state index in [1.165, 1.54) is 12.1 Å². The first-order valence-corrected chi connectivity index (χ1v) is 12.2. The molecule has 1 aliphatic heterocycles. The van der Waals surface area contributed by atoms with Crippen LogP contribution in [0.15, 0.2) is 41.3 Å². The second-order valence-electron chi connectivity index (χ2n) is 7.15. The maximum absolute atomic E-state index is 12.9. The first-order valence-electron chi connectivity index (χ1n) is 10.3. The average Bonchev–Trinajstić information content (AvgIpc) is 3.05. The maximum atomic E-state index is 12.9. The number of alkyl halides is 3. The van der Waals surface area contributed by atoms with Crippen molar-refractivity contribution < 1.29 is 37.0 Å². The predicted molar refractivity (Wildman–Crippen MR) is 137 cm³/mol. The van der Waals surface area contributed by atoms with E-state index >= 15 is 0 Å². The topological polar surface area (TPSA) is 84.9 Å². The SMILES string of the molecule is C#CCOc1c(I)cc(/C=C2\SC(=O)N(CC(=O)Nc3cccc(C(F)(F)F)c3)C2=O)cc1OCC. The summed E-state index contributed by atoms with van der Waals surface area (Å²) < 4.78 is 50.5. The number of thioether (sulfide) groups is 1. The molecule has 0 saturated carbocycles. The third-order valence-electron chi connectivity index (χ3n) is 4.58. The number of benzene rings is 2. The Morgan fingerprint density at radius 1 is 1.25 bits per heavy atom. The highest BCUT2D eigenvalue weighted by molar-refractivity contribution is 14.1. The second kappa shape index (κ2) is 11.7. The molecule has 12 heteroatoms. The molecule has 0 unspecified atom stereocenters. The minimum absolute atomic E-state index is 0.0386. The number of nitrogens with one attached hydrogen (secondary N) is 1. The number of imide groups is 1. The molecule has 1 saturated heterocycles. The van der Waals surface area contributed by atoms with Gasteiger partial charge < -0.3 is 14.8 Å². The second-order valence-corrected chi connectivity index (χ2v) is 9.31. The Balaban J connectivity index is 1.76. The van der Waals surface area contributed by atoms with Crippen molar-refractivity contribution in [3.8, 4) is 23.8 Å². The van der Waals surface area contributed by atoms with Gasteiger partial charge in [0.25, 0.3) is 11.1 Å². The molecule has 0 aromatic heterocycles. The fourth-order valence-electron chi connectivity index (χ4n) is 3.09. The number of carbonyl (C=O) groups excluding carboxylic acids is 3. The van der Waals surface area contributed by atoms with Crippen LogP contribution < -0.4 is 14.8 Å². The van der Waals surface area contributed by atoms with Crippen molar-refractivity contribution in [2.75, 3.05) is 25.1 Å². The average molecular weight is 630 g/mol. The van der Waals surface area contributed by atoms with Crippen LogP contribution in [0.4, 0.5) is 23.7 Å². The van der Waals surface area contributed by atoms with Crippen LogP contribution in [0.1, 0.15) is 18.1 Å². The number of terminal acetylenes is 1.